The zero-order valence-corrected chi connectivity index (χ0v) is 15.7. The van der Waals surface area contributed by atoms with Crippen LogP contribution < -0.4 is 10.6 Å². The molecule has 142 valence electrons. The second-order valence-corrected chi connectivity index (χ2v) is 7.37. The highest BCUT2D eigenvalue weighted by Gasteiger charge is 2.38. The molecule has 4 nitrogen and oxygen atoms in total. The third-order valence-corrected chi connectivity index (χ3v) is 5.20. The van der Waals surface area contributed by atoms with Gasteiger partial charge in [0.25, 0.3) is 0 Å². The van der Waals surface area contributed by atoms with Crippen molar-refractivity contribution in [3.63, 3.8) is 0 Å². The fraction of sp³-hybridized carbons (Fsp3) is 0.263. The summed E-state index contributed by atoms with van der Waals surface area (Å²) in [5.41, 5.74) is -0.427. The van der Waals surface area contributed by atoms with Crippen molar-refractivity contribution in [1.29, 1.82) is 0 Å². The molecule has 27 heavy (non-hydrogen) atoms. The van der Waals surface area contributed by atoms with Gasteiger partial charge in [0.1, 0.15) is 5.82 Å². The second kappa shape index (κ2) is 7.72. The van der Waals surface area contributed by atoms with E-state index in [1.807, 2.05) is 29.6 Å². The Morgan fingerprint density at radius 3 is 2.11 bits per heavy atom. The smallest absolute Gasteiger partial charge is 0.313 e. The summed E-state index contributed by atoms with van der Waals surface area (Å²) in [6.45, 7) is 0. The Morgan fingerprint density at radius 1 is 0.889 bits per heavy atom. The Balaban J connectivity index is 1.77. The van der Waals surface area contributed by atoms with E-state index in [0.29, 0.717) is 25.0 Å². The summed E-state index contributed by atoms with van der Waals surface area (Å²) < 4.78 is 40.8. The number of anilines is 1. The van der Waals surface area contributed by atoms with Gasteiger partial charge in [-0.1, -0.05) is 40.9 Å². The van der Waals surface area contributed by atoms with Crippen molar-refractivity contribution in [2.24, 2.45) is 0 Å². The van der Waals surface area contributed by atoms with Crippen molar-refractivity contribution in [3.05, 3.63) is 63.9 Å². The maximum atomic E-state index is 13.7. The largest absolute Gasteiger partial charge is 0.338 e. The van der Waals surface area contributed by atoms with Crippen LogP contribution in [0, 0.1) is 17.5 Å². The van der Waals surface area contributed by atoms with E-state index in [1.54, 1.807) is 0 Å². The van der Waals surface area contributed by atoms with Crippen molar-refractivity contribution in [1.82, 2.24) is 5.32 Å². The third kappa shape index (κ3) is 4.16. The van der Waals surface area contributed by atoms with Crippen LogP contribution in [0.4, 0.5) is 18.9 Å². The van der Waals surface area contributed by atoms with E-state index in [0.717, 1.165) is 22.9 Å². The minimum absolute atomic E-state index is 0.309. The van der Waals surface area contributed by atoms with Crippen molar-refractivity contribution in [2.75, 3.05) is 5.32 Å². The number of rotatable bonds is 3. The molecule has 2 aromatic rings. The molecule has 0 aliphatic heterocycles. The van der Waals surface area contributed by atoms with Gasteiger partial charge in [0.2, 0.25) is 0 Å². The zero-order chi connectivity index (χ0) is 19.6. The topological polar surface area (TPSA) is 58.2 Å². The van der Waals surface area contributed by atoms with E-state index < -0.39 is 40.5 Å². The lowest BCUT2D eigenvalue weighted by Crippen LogP contribution is -2.48. The summed E-state index contributed by atoms with van der Waals surface area (Å²) in [6, 6.07) is 8.22. The average Bonchev–Trinajstić information content (AvgIpc) is 3.09. The molecule has 2 N–H and O–H groups in total. The van der Waals surface area contributed by atoms with Gasteiger partial charge >= 0.3 is 11.8 Å². The first-order valence-corrected chi connectivity index (χ1v) is 9.14. The lowest BCUT2D eigenvalue weighted by atomic mass is 9.88. The van der Waals surface area contributed by atoms with Crippen molar-refractivity contribution >= 4 is 33.4 Å². The molecule has 8 heteroatoms. The molecule has 2 aromatic carbocycles. The summed E-state index contributed by atoms with van der Waals surface area (Å²) in [7, 11) is 0. The number of amides is 2. The van der Waals surface area contributed by atoms with E-state index in [2.05, 4.69) is 21.2 Å². The summed E-state index contributed by atoms with van der Waals surface area (Å²) >= 11 is 3.36. The number of carbonyl (C=O) groups is 2. The van der Waals surface area contributed by atoms with E-state index >= 15 is 0 Å². The van der Waals surface area contributed by atoms with Crippen LogP contribution in [0.2, 0.25) is 0 Å². The SMILES string of the molecule is O=C(Nc1cc(F)c(F)cc1F)C(=O)NC1(c2ccc(Br)cc2)CCCC1. The Bertz CT molecular complexity index is 881. The summed E-state index contributed by atoms with van der Waals surface area (Å²) in [5.74, 6) is -5.99. The van der Waals surface area contributed by atoms with Gasteiger partial charge in [0.05, 0.1) is 11.2 Å². The second-order valence-electron chi connectivity index (χ2n) is 6.45. The normalized spacial score (nSPS) is 15.4. The Labute approximate surface area is 162 Å². The maximum absolute atomic E-state index is 13.7. The molecular formula is C19H16BrF3N2O2. The molecule has 1 saturated carbocycles. The molecule has 0 atom stereocenters. The Morgan fingerprint density at radius 2 is 1.48 bits per heavy atom. The molecule has 0 radical (unpaired) electrons. The van der Waals surface area contributed by atoms with Crippen LogP contribution >= 0.6 is 15.9 Å². The summed E-state index contributed by atoms with van der Waals surface area (Å²) in [6.07, 6.45) is 3.09. The van der Waals surface area contributed by atoms with Crippen LogP contribution in [0.3, 0.4) is 0 Å². The van der Waals surface area contributed by atoms with Crippen LogP contribution in [0.25, 0.3) is 0 Å². The highest BCUT2D eigenvalue weighted by Crippen LogP contribution is 2.39. The van der Waals surface area contributed by atoms with E-state index in [4.69, 9.17) is 0 Å². The first-order chi connectivity index (χ1) is 12.8. The first kappa shape index (κ1) is 19.4. The number of carbonyl (C=O) groups excluding carboxylic acids is 2. The molecule has 2 amide bonds. The molecule has 1 fully saturated rings. The molecule has 1 aliphatic rings. The Kier molecular flexibility index (Phi) is 5.55. The molecule has 0 saturated heterocycles. The molecule has 0 unspecified atom stereocenters. The van der Waals surface area contributed by atoms with Gasteiger partial charge in [-0.2, -0.15) is 0 Å². The van der Waals surface area contributed by atoms with Crippen molar-refractivity contribution in [3.8, 4) is 0 Å². The zero-order valence-electron chi connectivity index (χ0n) is 14.1. The van der Waals surface area contributed by atoms with Gasteiger partial charge in [-0.15, -0.1) is 0 Å². The first-order valence-electron chi connectivity index (χ1n) is 8.35. The number of halogens is 4. The van der Waals surface area contributed by atoms with Gasteiger partial charge in [0, 0.05) is 16.6 Å². The molecule has 0 bridgehead atoms. The van der Waals surface area contributed by atoms with Gasteiger partial charge in [0.15, 0.2) is 11.6 Å². The lowest BCUT2D eigenvalue weighted by molar-refractivity contribution is -0.137. The van der Waals surface area contributed by atoms with Crippen LogP contribution in [-0.4, -0.2) is 11.8 Å². The molecule has 0 heterocycles. The summed E-state index contributed by atoms with van der Waals surface area (Å²) in [5, 5.41) is 4.73. The van der Waals surface area contributed by atoms with E-state index in [9.17, 15) is 22.8 Å². The van der Waals surface area contributed by atoms with Crippen molar-refractivity contribution < 1.29 is 22.8 Å². The van der Waals surface area contributed by atoms with E-state index in [-0.39, 0.29) is 0 Å². The molecule has 1 aliphatic carbocycles. The number of hydrogen-bond donors (Lipinski definition) is 2. The van der Waals surface area contributed by atoms with Crippen LogP contribution in [0.15, 0.2) is 40.9 Å². The van der Waals surface area contributed by atoms with Gasteiger partial charge in [-0.3, -0.25) is 9.59 Å². The molecule has 0 spiro atoms. The number of hydrogen-bond acceptors (Lipinski definition) is 2. The van der Waals surface area contributed by atoms with Crippen LogP contribution in [-0.2, 0) is 15.1 Å². The predicted octanol–water partition coefficient (Wildman–Crippen LogP) is 4.39. The number of benzene rings is 2. The number of nitrogens with one attached hydrogen (secondary N) is 2. The Hall–Kier alpha value is -2.35. The van der Waals surface area contributed by atoms with Gasteiger partial charge in [-0.25, -0.2) is 13.2 Å². The average molecular weight is 441 g/mol. The van der Waals surface area contributed by atoms with Crippen molar-refractivity contribution in [2.45, 2.75) is 31.2 Å². The predicted molar refractivity (Wildman–Crippen MR) is 97.4 cm³/mol. The molecule has 3 rings (SSSR count). The van der Waals surface area contributed by atoms with Gasteiger partial charge in [-0.05, 0) is 30.5 Å². The molecule has 0 aromatic heterocycles. The fourth-order valence-electron chi connectivity index (χ4n) is 3.30. The highest BCUT2D eigenvalue weighted by atomic mass is 79.9. The summed E-state index contributed by atoms with van der Waals surface area (Å²) in [4.78, 5) is 24.6. The minimum Gasteiger partial charge on any atom is -0.338 e. The van der Waals surface area contributed by atoms with E-state index in [1.165, 1.54) is 0 Å². The minimum atomic E-state index is -1.38. The maximum Gasteiger partial charge on any atom is 0.313 e. The third-order valence-electron chi connectivity index (χ3n) is 4.67. The lowest BCUT2D eigenvalue weighted by Gasteiger charge is -2.30. The van der Waals surface area contributed by atoms with Gasteiger partial charge < -0.3 is 10.6 Å². The molecular weight excluding hydrogens is 425 g/mol. The highest BCUT2D eigenvalue weighted by molar-refractivity contribution is 9.10. The van der Waals surface area contributed by atoms with Crippen LogP contribution in [0.1, 0.15) is 31.2 Å². The van der Waals surface area contributed by atoms with Crippen LogP contribution in [0.5, 0.6) is 0 Å². The fourth-order valence-corrected chi connectivity index (χ4v) is 3.57. The quantitative estimate of drug-likeness (QED) is 0.549. The monoisotopic (exact) mass is 440 g/mol. The standard InChI is InChI=1S/C19H16BrF3N2O2/c20-12-5-3-11(4-6-12)19(7-1-2-8-19)25-18(27)17(26)24-16-10-14(22)13(21)9-15(16)23/h3-6,9-10H,1-2,7-8H2,(H,24,26)(H,25,27).